The average molecular weight is 251 g/mol. The highest BCUT2D eigenvalue weighted by atomic mass is 79.9. The summed E-state index contributed by atoms with van der Waals surface area (Å²) in [6.07, 6.45) is 0. The number of benzene rings is 1. The topological polar surface area (TPSA) is 0 Å². The van der Waals surface area contributed by atoms with Crippen molar-refractivity contribution in [1.29, 1.82) is 0 Å². The van der Waals surface area contributed by atoms with E-state index in [4.69, 9.17) is 18.1 Å². The van der Waals surface area contributed by atoms with E-state index in [-0.39, 0.29) is 0 Å². The Hall–Kier alpha value is 1.05. The first-order chi connectivity index (χ1) is 4.81. The molecule has 4 heteroatoms. The molecule has 0 heterocycles. The summed E-state index contributed by atoms with van der Waals surface area (Å²) in [6, 6.07) is 10.7. The van der Waals surface area contributed by atoms with E-state index in [9.17, 15) is 0 Å². The molecule has 0 saturated carbocycles. The zero-order chi connectivity index (χ0) is 7.82. The largest absolute Gasteiger partial charge is 0.618 e. The van der Waals surface area contributed by atoms with Crippen molar-refractivity contribution in [3.05, 3.63) is 34.8 Å². The Bertz CT molecular complexity index is 157. The summed E-state index contributed by atoms with van der Waals surface area (Å²) >= 11 is 2.62. The summed E-state index contributed by atoms with van der Waals surface area (Å²) in [6.45, 7) is 0. The summed E-state index contributed by atoms with van der Waals surface area (Å²) in [5.74, 6) is 0. The van der Waals surface area contributed by atoms with Gasteiger partial charge >= 0.3 is 18.2 Å². The average Bonchev–Trinajstić information content (AvgIpc) is 1.91. The fourth-order valence-corrected chi connectivity index (χ4v) is 0.656. The minimum Gasteiger partial charge on any atom is -0.309 e. The Kier molecular flexibility index (Phi) is 9.00. The van der Waals surface area contributed by atoms with Crippen molar-refractivity contribution < 1.29 is 0 Å². The number of halogens is 3. The van der Waals surface area contributed by atoms with Crippen LogP contribution in [0, 0.1) is 6.07 Å². The first-order valence-corrected chi connectivity index (χ1v) is 7.62. The molecule has 0 aliphatic carbocycles. The zero-order valence-corrected chi connectivity index (χ0v) is 9.66. The molecule has 1 rings (SSSR count). The van der Waals surface area contributed by atoms with E-state index in [0.717, 1.165) is 4.47 Å². The summed E-state index contributed by atoms with van der Waals surface area (Å²) in [5.41, 5.74) is 0. The first-order valence-electron chi connectivity index (χ1n) is 2.55. The molecule has 0 saturated heterocycles. The first kappa shape index (κ1) is 11.0. The van der Waals surface area contributed by atoms with Gasteiger partial charge in [-0.15, -0.1) is 0 Å². The van der Waals surface area contributed by atoms with E-state index in [0.29, 0.717) is 0 Å². The van der Waals surface area contributed by atoms with E-state index < -0.39 is 18.2 Å². The van der Waals surface area contributed by atoms with Crippen LogP contribution in [0.15, 0.2) is 28.7 Å². The number of rotatable bonds is 0. The number of hydrogen-bond donors (Lipinski definition) is 0. The number of hydrogen-bond acceptors (Lipinski definition) is 0. The van der Waals surface area contributed by atoms with Gasteiger partial charge in [0.1, 0.15) is 0 Å². The van der Waals surface area contributed by atoms with Crippen LogP contribution >= 0.6 is 34.1 Å². The normalized spacial score (nSPS) is 7.10. The molecule has 1 aromatic rings. The van der Waals surface area contributed by atoms with E-state index >= 15 is 0 Å². The summed E-state index contributed by atoms with van der Waals surface area (Å²) in [5, 5.41) is 0. The molecule has 1 radical (unpaired) electrons. The van der Waals surface area contributed by atoms with Crippen LogP contribution in [0.3, 0.4) is 0 Å². The summed E-state index contributed by atoms with van der Waals surface area (Å²) < 4.78 is 1.01. The standard InChI is InChI=1S/C6H4Br.2ClH.Mg/c7-6-4-2-1-3-5-6;;;/h1-4H;2*1H;/q;;;+2/p-2. The van der Waals surface area contributed by atoms with Crippen LogP contribution in [0.2, 0.25) is 0 Å². The van der Waals surface area contributed by atoms with Crippen LogP contribution in [0.25, 0.3) is 0 Å². The van der Waals surface area contributed by atoms with Crippen molar-refractivity contribution >= 4 is 52.2 Å². The van der Waals surface area contributed by atoms with Crippen molar-refractivity contribution in [1.82, 2.24) is 0 Å². The maximum Gasteiger partial charge on any atom is 0.618 e. The van der Waals surface area contributed by atoms with Gasteiger partial charge in [0.05, 0.1) is 0 Å². The molecule has 0 N–H and O–H groups in total. The minimum atomic E-state index is -0.639. The SMILES string of the molecule is Brc1[c]cccc1.[Cl][Mg][Cl]. The third kappa shape index (κ3) is 7.16. The van der Waals surface area contributed by atoms with Crippen molar-refractivity contribution in [3.63, 3.8) is 0 Å². The fourth-order valence-electron chi connectivity index (χ4n) is 0.371. The van der Waals surface area contributed by atoms with Crippen LogP contribution in [0.4, 0.5) is 0 Å². The van der Waals surface area contributed by atoms with E-state index in [1.54, 1.807) is 0 Å². The van der Waals surface area contributed by atoms with Crippen LogP contribution in [0.5, 0.6) is 0 Å². The van der Waals surface area contributed by atoms with Gasteiger partial charge in [-0.25, -0.2) is 0 Å². The molecule has 0 spiro atoms. The van der Waals surface area contributed by atoms with Gasteiger partial charge in [-0.1, -0.05) is 34.1 Å². The van der Waals surface area contributed by atoms with Gasteiger partial charge in [-0.05, 0) is 12.1 Å². The molecule has 0 aromatic heterocycles. The molecule has 0 unspecified atom stereocenters. The molecule has 0 aliphatic heterocycles. The van der Waals surface area contributed by atoms with Crippen LogP contribution in [-0.2, 0) is 0 Å². The maximum absolute atomic E-state index is 4.90. The summed E-state index contributed by atoms with van der Waals surface area (Å²) in [4.78, 5) is 0. The highest BCUT2D eigenvalue weighted by molar-refractivity contribution is 9.10. The van der Waals surface area contributed by atoms with Gasteiger partial charge in [0.15, 0.2) is 0 Å². The lowest BCUT2D eigenvalue weighted by atomic mass is 10.4. The molecule has 0 bridgehead atoms. The van der Waals surface area contributed by atoms with Crippen LogP contribution in [0.1, 0.15) is 0 Å². The van der Waals surface area contributed by atoms with Gasteiger partial charge < -0.3 is 18.1 Å². The van der Waals surface area contributed by atoms with Crippen LogP contribution < -0.4 is 0 Å². The molecular formula is C6H4BrCl2Mg. The molecule has 1 aromatic carbocycles. The Morgan fingerprint density at radius 2 is 2.00 bits per heavy atom. The Balaban J connectivity index is 0.000000236. The lowest BCUT2D eigenvalue weighted by Gasteiger charge is -1.79. The Labute approximate surface area is 86.3 Å². The molecular weight excluding hydrogens is 247 g/mol. The van der Waals surface area contributed by atoms with Crippen molar-refractivity contribution in [2.75, 3.05) is 0 Å². The van der Waals surface area contributed by atoms with Gasteiger partial charge in [0, 0.05) is 4.47 Å². The quantitative estimate of drug-likeness (QED) is 0.621. The molecule has 51 valence electrons. The highest BCUT2D eigenvalue weighted by Crippen LogP contribution is 2.04. The van der Waals surface area contributed by atoms with Gasteiger partial charge in [0.2, 0.25) is 0 Å². The Morgan fingerprint density at radius 3 is 2.20 bits per heavy atom. The predicted molar refractivity (Wildman–Crippen MR) is 50.4 cm³/mol. The Morgan fingerprint density at radius 1 is 1.40 bits per heavy atom. The molecule has 0 nitrogen and oxygen atoms in total. The fraction of sp³-hybridized carbons (Fsp3) is 0. The maximum atomic E-state index is 4.90. The lowest BCUT2D eigenvalue weighted by Crippen LogP contribution is -1.57. The van der Waals surface area contributed by atoms with E-state index in [2.05, 4.69) is 22.0 Å². The molecule has 0 aliphatic rings. The zero-order valence-electron chi connectivity index (χ0n) is 5.15. The monoisotopic (exact) mass is 249 g/mol. The highest BCUT2D eigenvalue weighted by Gasteiger charge is 1.75. The molecule has 10 heavy (non-hydrogen) atoms. The van der Waals surface area contributed by atoms with Gasteiger partial charge in [-0.2, -0.15) is 0 Å². The predicted octanol–water partition coefficient (Wildman–Crippen LogP) is 3.25. The smallest absolute Gasteiger partial charge is 0.309 e. The van der Waals surface area contributed by atoms with E-state index in [1.165, 1.54) is 0 Å². The minimum absolute atomic E-state index is 0.639. The van der Waals surface area contributed by atoms with Gasteiger partial charge in [0.25, 0.3) is 0 Å². The van der Waals surface area contributed by atoms with Crippen molar-refractivity contribution in [2.24, 2.45) is 0 Å². The molecule has 0 amide bonds. The second-order valence-corrected chi connectivity index (χ2v) is 4.79. The third-order valence-electron chi connectivity index (χ3n) is 0.671. The van der Waals surface area contributed by atoms with Crippen LogP contribution in [-0.4, -0.2) is 18.2 Å². The molecule has 0 atom stereocenters. The van der Waals surface area contributed by atoms with Crippen molar-refractivity contribution in [3.8, 4) is 0 Å². The van der Waals surface area contributed by atoms with Crippen molar-refractivity contribution in [2.45, 2.75) is 0 Å². The van der Waals surface area contributed by atoms with E-state index in [1.807, 2.05) is 24.3 Å². The second kappa shape index (κ2) is 8.15. The van der Waals surface area contributed by atoms with Gasteiger partial charge in [-0.3, -0.25) is 0 Å². The molecule has 0 fully saturated rings. The third-order valence-corrected chi connectivity index (χ3v) is 1.16. The lowest BCUT2D eigenvalue weighted by molar-refractivity contribution is 1.64. The summed E-state index contributed by atoms with van der Waals surface area (Å²) in [7, 11) is 9.81. The second-order valence-electron chi connectivity index (χ2n) is 1.31.